The number of carbonyl (C=O) groups is 1. The van der Waals surface area contributed by atoms with E-state index in [0.29, 0.717) is 29.0 Å². The van der Waals surface area contributed by atoms with Crippen LogP contribution in [0.15, 0.2) is 59.7 Å². The number of benzene rings is 1. The number of allylic oxidation sites excluding steroid dienone is 1. The molecular formula is C24H22F4N6O2. The van der Waals surface area contributed by atoms with Gasteiger partial charge in [0.2, 0.25) is 17.7 Å². The number of methoxy groups -OCH3 is 1. The second-order valence-electron chi connectivity index (χ2n) is 7.29. The number of aromatic nitrogens is 3. The first-order valence-electron chi connectivity index (χ1n) is 10.6. The van der Waals surface area contributed by atoms with Crippen molar-refractivity contribution in [2.45, 2.75) is 26.4 Å². The Morgan fingerprint density at radius 2 is 1.78 bits per heavy atom. The molecule has 0 spiro atoms. The van der Waals surface area contributed by atoms with Crippen molar-refractivity contribution in [1.29, 1.82) is 0 Å². The van der Waals surface area contributed by atoms with E-state index in [-0.39, 0.29) is 11.3 Å². The lowest BCUT2D eigenvalue weighted by molar-refractivity contribution is -0.139. The number of amides is 1. The molecule has 0 unspecified atom stereocenters. The fourth-order valence-corrected chi connectivity index (χ4v) is 3.11. The van der Waals surface area contributed by atoms with Gasteiger partial charge >= 0.3 is 6.18 Å². The number of nitrogens with one attached hydrogen (secondary N) is 2. The number of hydrogen-bond acceptors (Lipinski definition) is 7. The average Bonchev–Trinajstić information content (AvgIpc) is 2.85. The normalized spacial score (nSPS) is 12.0. The van der Waals surface area contributed by atoms with Gasteiger partial charge < -0.3 is 15.4 Å². The Balaban J connectivity index is 1.70. The monoisotopic (exact) mass is 502 g/mol. The maximum Gasteiger partial charge on any atom is 0.421 e. The van der Waals surface area contributed by atoms with Gasteiger partial charge in [-0.2, -0.15) is 13.2 Å². The molecule has 2 heterocycles. The van der Waals surface area contributed by atoms with Gasteiger partial charge in [-0.15, -0.1) is 0 Å². The molecule has 3 rings (SSSR count). The van der Waals surface area contributed by atoms with Crippen LogP contribution in [0.2, 0.25) is 0 Å². The zero-order valence-electron chi connectivity index (χ0n) is 19.5. The molecule has 0 radical (unpaired) electrons. The maximum atomic E-state index is 14.7. The van der Waals surface area contributed by atoms with Crippen LogP contribution in [0.4, 0.5) is 29.2 Å². The third-order valence-electron chi connectivity index (χ3n) is 4.80. The number of carbonyl (C=O) groups excluding carboxylic acids is 1. The lowest BCUT2D eigenvalue weighted by Gasteiger charge is -2.13. The third kappa shape index (κ3) is 6.62. The van der Waals surface area contributed by atoms with Crippen LogP contribution in [0.25, 0.3) is 11.1 Å². The van der Waals surface area contributed by atoms with E-state index in [2.05, 4.69) is 35.3 Å². The van der Waals surface area contributed by atoms with Gasteiger partial charge in [0.15, 0.2) is 0 Å². The van der Waals surface area contributed by atoms with Crippen LogP contribution in [0, 0.1) is 5.82 Å². The number of pyridine rings is 1. The maximum absolute atomic E-state index is 14.7. The van der Waals surface area contributed by atoms with Crippen LogP contribution in [0.5, 0.6) is 5.88 Å². The van der Waals surface area contributed by atoms with E-state index >= 15 is 0 Å². The summed E-state index contributed by atoms with van der Waals surface area (Å²) in [4.78, 5) is 28.4. The summed E-state index contributed by atoms with van der Waals surface area (Å²) in [6, 6.07) is 4.93. The number of hydrogen-bond donors (Lipinski definition) is 2. The molecule has 0 saturated carbocycles. The second kappa shape index (κ2) is 11.4. The van der Waals surface area contributed by atoms with Gasteiger partial charge in [-0.05, 0) is 43.2 Å². The highest BCUT2D eigenvalue weighted by Gasteiger charge is 2.35. The van der Waals surface area contributed by atoms with E-state index < -0.39 is 35.8 Å². The lowest BCUT2D eigenvalue weighted by Crippen LogP contribution is -2.17. The highest BCUT2D eigenvalue weighted by Crippen LogP contribution is 2.36. The van der Waals surface area contributed by atoms with Crippen molar-refractivity contribution in [2.75, 3.05) is 17.7 Å². The SMILES string of the molecule is CC=N/C(=C\C)Nc1ncc(-c2ccc(CC(=O)Nc3cnc(OC)c(C(F)(F)F)c3)c(F)c2)cn1. The number of halogens is 4. The topological polar surface area (TPSA) is 101 Å². The largest absolute Gasteiger partial charge is 0.481 e. The van der Waals surface area contributed by atoms with Crippen LogP contribution in [0.3, 0.4) is 0 Å². The molecule has 0 aliphatic heterocycles. The van der Waals surface area contributed by atoms with Gasteiger partial charge in [-0.25, -0.2) is 24.3 Å². The minimum Gasteiger partial charge on any atom is -0.481 e. The number of nitrogens with zero attached hydrogens (tertiary/aromatic N) is 4. The van der Waals surface area contributed by atoms with Crippen LogP contribution in [0.1, 0.15) is 25.0 Å². The molecule has 0 aliphatic carbocycles. The van der Waals surface area contributed by atoms with Crippen LogP contribution < -0.4 is 15.4 Å². The molecule has 2 aromatic heterocycles. The van der Waals surface area contributed by atoms with Crippen molar-refractivity contribution in [3.63, 3.8) is 0 Å². The number of ether oxygens (including phenoxy) is 1. The molecule has 3 aromatic rings. The zero-order chi connectivity index (χ0) is 26.3. The highest BCUT2D eigenvalue weighted by atomic mass is 19.4. The summed E-state index contributed by atoms with van der Waals surface area (Å²) >= 11 is 0. The number of rotatable bonds is 8. The smallest absolute Gasteiger partial charge is 0.421 e. The van der Waals surface area contributed by atoms with Gasteiger partial charge in [0.05, 0.1) is 25.4 Å². The number of aliphatic imine (C=N–C) groups is 1. The van der Waals surface area contributed by atoms with E-state index in [0.717, 1.165) is 13.3 Å². The van der Waals surface area contributed by atoms with Crippen molar-refractivity contribution >= 4 is 23.8 Å². The molecular weight excluding hydrogens is 480 g/mol. The molecule has 12 heteroatoms. The van der Waals surface area contributed by atoms with Crippen LogP contribution >= 0.6 is 0 Å². The molecule has 36 heavy (non-hydrogen) atoms. The van der Waals surface area contributed by atoms with Gasteiger partial charge in [0, 0.05) is 24.2 Å². The van der Waals surface area contributed by atoms with E-state index in [4.69, 9.17) is 0 Å². The minimum atomic E-state index is -4.72. The first kappa shape index (κ1) is 26.3. The number of anilines is 2. The third-order valence-corrected chi connectivity index (χ3v) is 4.80. The summed E-state index contributed by atoms with van der Waals surface area (Å²) in [7, 11) is 1.06. The summed E-state index contributed by atoms with van der Waals surface area (Å²) in [5.74, 6) is -1.12. The van der Waals surface area contributed by atoms with Crippen molar-refractivity contribution in [3.05, 3.63) is 71.7 Å². The second-order valence-corrected chi connectivity index (χ2v) is 7.29. The van der Waals surface area contributed by atoms with E-state index in [1.54, 1.807) is 25.3 Å². The predicted octanol–water partition coefficient (Wildman–Crippen LogP) is 5.25. The van der Waals surface area contributed by atoms with Crippen molar-refractivity contribution < 1.29 is 27.1 Å². The van der Waals surface area contributed by atoms with Gasteiger partial charge in [0.25, 0.3) is 0 Å². The zero-order valence-corrected chi connectivity index (χ0v) is 19.5. The lowest BCUT2D eigenvalue weighted by atomic mass is 10.0. The summed E-state index contributed by atoms with van der Waals surface area (Å²) < 4.78 is 58.8. The molecule has 0 aliphatic rings. The predicted molar refractivity (Wildman–Crippen MR) is 127 cm³/mol. The Hall–Kier alpha value is -4.35. The summed E-state index contributed by atoms with van der Waals surface area (Å²) in [6.45, 7) is 3.58. The quantitative estimate of drug-likeness (QED) is 0.322. The Kier molecular flexibility index (Phi) is 8.30. The summed E-state index contributed by atoms with van der Waals surface area (Å²) in [5, 5.41) is 5.24. The highest BCUT2D eigenvalue weighted by molar-refractivity contribution is 5.92. The van der Waals surface area contributed by atoms with E-state index in [1.165, 1.54) is 24.5 Å². The van der Waals surface area contributed by atoms with Crippen LogP contribution in [-0.2, 0) is 17.4 Å². The first-order valence-corrected chi connectivity index (χ1v) is 10.6. The Morgan fingerprint density at radius 3 is 2.36 bits per heavy atom. The summed E-state index contributed by atoms with van der Waals surface area (Å²) in [5.41, 5.74) is -0.248. The fraction of sp³-hybridized carbons (Fsp3) is 0.208. The van der Waals surface area contributed by atoms with Gasteiger partial charge in [-0.3, -0.25) is 4.79 Å². The van der Waals surface area contributed by atoms with Crippen molar-refractivity contribution in [1.82, 2.24) is 15.0 Å². The Labute approximate surface area is 204 Å². The van der Waals surface area contributed by atoms with Gasteiger partial charge in [0.1, 0.15) is 17.2 Å². The molecule has 188 valence electrons. The van der Waals surface area contributed by atoms with Crippen molar-refractivity contribution in [3.8, 4) is 17.0 Å². The number of alkyl halides is 3. The Bertz CT molecular complexity index is 1290. The van der Waals surface area contributed by atoms with E-state index in [1.807, 2.05) is 6.92 Å². The fourth-order valence-electron chi connectivity index (χ4n) is 3.11. The Morgan fingerprint density at radius 1 is 1.06 bits per heavy atom. The molecule has 2 N–H and O–H groups in total. The molecule has 0 atom stereocenters. The van der Waals surface area contributed by atoms with Gasteiger partial charge in [-0.1, -0.05) is 12.1 Å². The standard InChI is InChI=1S/C24H22F4N6O2/c1-4-20(29-5-2)34-23-31-11-16(12-32-23)14-6-7-15(19(25)8-14)9-21(35)33-17-10-18(24(26,27)28)22(36-3)30-13-17/h4-8,10-13H,9H2,1-3H3,(H,33,35)(H,31,32,34)/b20-4+,29-5?. The molecule has 8 nitrogen and oxygen atoms in total. The van der Waals surface area contributed by atoms with Crippen LogP contribution in [-0.4, -0.2) is 34.2 Å². The first-order chi connectivity index (χ1) is 17.1. The molecule has 1 aromatic carbocycles. The molecule has 1 amide bonds. The average molecular weight is 502 g/mol. The molecule has 0 saturated heterocycles. The molecule has 0 fully saturated rings. The molecule has 0 bridgehead atoms. The van der Waals surface area contributed by atoms with E-state index in [9.17, 15) is 22.4 Å². The minimum absolute atomic E-state index is 0.0584. The van der Waals surface area contributed by atoms with Crippen molar-refractivity contribution in [2.24, 2.45) is 4.99 Å². The summed E-state index contributed by atoms with van der Waals surface area (Å²) in [6.07, 6.45) is 2.29.